The number of hydrogen-bond donors (Lipinski definition) is 1. The van der Waals surface area contributed by atoms with Gasteiger partial charge in [0.05, 0.1) is 0 Å². The fourth-order valence-corrected chi connectivity index (χ4v) is 1.62. The molecule has 0 aromatic heterocycles. The van der Waals surface area contributed by atoms with Crippen LogP contribution >= 0.6 is 0 Å². The molecule has 0 spiro atoms. The van der Waals surface area contributed by atoms with Crippen LogP contribution in [0.15, 0.2) is 23.8 Å². The Morgan fingerprint density at radius 1 is 1.06 bits per heavy atom. The molecule has 0 heterocycles. The van der Waals surface area contributed by atoms with Gasteiger partial charge in [0, 0.05) is 5.57 Å². The maximum absolute atomic E-state index is 11.0. The number of carboxylic acid groups (broad SMARTS) is 1. The van der Waals surface area contributed by atoms with Crippen LogP contribution in [0.25, 0.3) is 0 Å². The zero-order valence-electron chi connectivity index (χ0n) is 11.2. The maximum atomic E-state index is 11.0. The number of aliphatic carboxylic acids is 1. The lowest BCUT2D eigenvalue weighted by Gasteiger charge is -2.00. The molecule has 0 atom stereocenters. The third-order valence-electron chi connectivity index (χ3n) is 2.73. The normalized spacial score (nSPS) is 12.2. The molecule has 2 heteroatoms. The number of rotatable bonds is 10. The molecule has 0 saturated heterocycles. The van der Waals surface area contributed by atoms with Crippen molar-refractivity contribution in [2.45, 2.75) is 65.2 Å². The Morgan fingerprint density at radius 3 is 2.29 bits per heavy atom. The predicted octanol–water partition coefficient (Wildman–Crippen LogP) is 4.71. The van der Waals surface area contributed by atoms with Crippen LogP contribution in [0.4, 0.5) is 0 Å². The molecule has 0 radical (unpaired) electrons. The fraction of sp³-hybridized carbons (Fsp3) is 0.667. The highest BCUT2D eigenvalue weighted by atomic mass is 16.4. The summed E-state index contributed by atoms with van der Waals surface area (Å²) < 4.78 is 0. The number of carboxylic acids is 1. The van der Waals surface area contributed by atoms with E-state index in [4.69, 9.17) is 5.11 Å². The Labute approximate surface area is 105 Å². The first-order valence-corrected chi connectivity index (χ1v) is 6.81. The summed E-state index contributed by atoms with van der Waals surface area (Å²) in [4.78, 5) is 11.0. The van der Waals surface area contributed by atoms with E-state index in [1.165, 1.54) is 19.3 Å². The maximum Gasteiger partial charge on any atom is 0.331 e. The largest absolute Gasteiger partial charge is 0.478 e. The average Bonchev–Trinajstić information content (AvgIpc) is 2.31. The molecule has 0 unspecified atom stereocenters. The molecule has 0 rings (SSSR count). The van der Waals surface area contributed by atoms with Crippen molar-refractivity contribution in [1.29, 1.82) is 0 Å². The summed E-state index contributed by atoms with van der Waals surface area (Å²) in [6, 6.07) is 0. The fourth-order valence-electron chi connectivity index (χ4n) is 1.62. The smallest absolute Gasteiger partial charge is 0.331 e. The van der Waals surface area contributed by atoms with Crippen molar-refractivity contribution in [2.75, 3.05) is 0 Å². The van der Waals surface area contributed by atoms with Gasteiger partial charge in [0.2, 0.25) is 0 Å². The molecule has 0 aliphatic heterocycles. The van der Waals surface area contributed by atoms with Crippen LogP contribution in [0.1, 0.15) is 65.2 Å². The van der Waals surface area contributed by atoms with Crippen LogP contribution in [-0.2, 0) is 4.79 Å². The number of carbonyl (C=O) groups is 1. The van der Waals surface area contributed by atoms with Crippen molar-refractivity contribution in [3.63, 3.8) is 0 Å². The third-order valence-corrected chi connectivity index (χ3v) is 2.73. The summed E-state index contributed by atoms with van der Waals surface area (Å²) in [5.41, 5.74) is 0.533. The van der Waals surface area contributed by atoms with E-state index in [1.54, 1.807) is 6.08 Å². The van der Waals surface area contributed by atoms with Gasteiger partial charge in [-0.05, 0) is 25.7 Å². The van der Waals surface area contributed by atoms with Crippen LogP contribution in [0.2, 0.25) is 0 Å². The topological polar surface area (TPSA) is 37.3 Å². The highest BCUT2D eigenvalue weighted by Gasteiger charge is 2.04. The van der Waals surface area contributed by atoms with Gasteiger partial charge in [-0.25, -0.2) is 4.79 Å². The molecule has 17 heavy (non-hydrogen) atoms. The van der Waals surface area contributed by atoms with Crippen molar-refractivity contribution in [3.8, 4) is 0 Å². The van der Waals surface area contributed by atoms with Crippen molar-refractivity contribution in [2.24, 2.45) is 0 Å². The highest BCUT2D eigenvalue weighted by molar-refractivity contribution is 5.86. The summed E-state index contributed by atoms with van der Waals surface area (Å²) >= 11 is 0. The zero-order chi connectivity index (χ0) is 12.9. The molecule has 0 fully saturated rings. The zero-order valence-corrected chi connectivity index (χ0v) is 11.2. The second kappa shape index (κ2) is 11.4. The van der Waals surface area contributed by atoms with Gasteiger partial charge >= 0.3 is 5.97 Å². The van der Waals surface area contributed by atoms with Crippen molar-refractivity contribution >= 4 is 5.97 Å². The Balaban J connectivity index is 3.98. The van der Waals surface area contributed by atoms with Crippen LogP contribution in [0.3, 0.4) is 0 Å². The lowest BCUT2D eigenvalue weighted by atomic mass is 10.1. The Morgan fingerprint density at radius 2 is 1.71 bits per heavy atom. The minimum absolute atomic E-state index is 0.533. The highest BCUT2D eigenvalue weighted by Crippen LogP contribution is 2.09. The SMILES string of the molecule is CCCCC/C=C/C=C(\CCCCC)C(=O)O. The first kappa shape index (κ1) is 16.0. The lowest BCUT2D eigenvalue weighted by molar-refractivity contribution is -0.132. The molecule has 0 aliphatic rings. The van der Waals surface area contributed by atoms with Crippen molar-refractivity contribution < 1.29 is 9.90 Å². The van der Waals surface area contributed by atoms with Crippen LogP contribution in [0, 0.1) is 0 Å². The lowest BCUT2D eigenvalue weighted by Crippen LogP contribution is -2.00. The van der Waals surface area contributed by atoms with E-state index in [2.05, 4.69) is 19.9 Å². The summed E-state index contributed by atoms with van der Waals surface area (Å²) in [7, 11) is 0. The number of hydrogen-bond acceptors (Lipinski definition) is 1. The first-order chi connectivity index (χ1) is 8.22. The molecule has 98 valence electrons. The monoisotopic (exact) mass is 238 g/mol. The van der Waals surface area contributed by atoms with E-state index in [-0.39, 0.29) is 0 Å². The van der Waals surface area contributed by atoms with Crippen LogP contribution in [-0.4, -0.2) is 11.1 Å². The van der Waals surface area contributed by atoms with E-state index < -0.39 is 5.97 Å². The van der Waals surface area contributed by atoms with Gasteiger partial charge in [-0.2, -0.15) is 0 Å². The van der Waals surface area contributed by atoms with Gasteiger partial charge in [-0.3, -0.25) is 0 Å². The summed E-state index contributed by atoms with van der Waals surface area (Å²) in [5, 5.41) is 9.01. The molecule has 0 amide bonds. The average molecular weight is 238 g/mol. The van der Waals surface area contributed by atoms with Gasteiger partial charge in [-0.1, -0.05) is 57.8 Å². The third kappa shape index (κ3) is 9.86. The number of allylic oxidation sites excluding steroid dienone is 3. The summed E-state index contributed by atoms with van der Waals surface area (Å²) in [5.74, 6) is -0.778. The van der Waals surface area contributed by atoms with Gasteiger partial charge < -0.3 is 5.11 Å². The minimum atomic E-state index is -0.778. The molecular weight excluding hydrogens is 212 g/mol. The van der Waals surface area contributed by atoms with E-state index in [0.29, 0.717) is 12.0 Å². The standard InChI is InChI=1S/C15H26O2/c1-3-5-7-8-9-11-13-14(15(16)17)12-10-6-4-2/h9,11,13H,3-8,10,12H2,1-2H3,(H,16,17)/b11-9+,14-13+. The first-order valence-electron chi connectivity index (χ1n) is 6.81. The Kier molecular flexibility index (Phi) is 10.7. The van der Waals surface area contributed by atoms with Gasteiger partial charge in [-0.15, -0.1) is 0 Å². The van der Waals surface area contributed by atoms with Gasteiger partial charge in [0.15, 0.2) is 0 Å². The van der Waals surface area contributed by atoms with Gasteiger partial charge in [0.25, 0.3) is 0 Å². The molecule has 0 saturated carbocycles. The van der Waals surface area contributed by atoms with Crippen molar-refractivity contribution in [1.82, 2.24) is 0 Å². The molecule has 2 nitrogen and oxygen atoms in total. The minimum Gasteiger partial charge on any atom is -0.478 e. The van der Waals surface area contributed by atoms with E-state index in [1.807, 2.05) is 6.08 Å². The Hall–Kier alpha value is -1.05. The van der Waals surface area contributed by atoms with E-state index in [9.17, 15) is 4.79 Å². The predicted molar refractivity (Wildman–Crippen MR) is 73.1 cm³/mol. The molecule has 0 bridgehead atoms. The van der Waals surface area contributed by atoms with Crippen LogP contribution < -0.4 is 0 Å². The van der Waals surface area contributed by atoms with E-state index in [0.717, 1.165) is 25.7 Å². The second-order valence-electron chi connectivity index (χ2n) is 4.38. The molecule has 1 N–H and O–H groups in total. The summed E-state index contributed by atoms with van der Waals surface area (Å²) in [6.45, 7) is 4.30. The van der Waals surface area contributed by atoms with E-state index >= 15 is 0 Å². The Bertz CT molecular complexity index is 252. The molecule has 0 aromatic carbocycles. The number of unbranched alkanes of at least 4 members (excludes halogenated alkanes) is 5. The molecule has 0 aliphatic carbocycles. The summed E-state index contributed by atoms with van der Waals surface area (Å²) in [6.07, 6.45) is 14.3. The quantitative estimate of drug-likeness (QED) is 0.340. The second-order valence-corrected chi connectivity index (χ2v) is 4.38. The molecule has 0 aromatic rings. The van der Waals surface area contributed by atoms with Crippen molar-refractivity contribution in [3.05, 3.63) is 23.8 Å². The molecular formula is C15H26O2. The van der Waals surface area contributed by atoms with Gasteiger partial charge in [0.1, 0.15) is 0 Å². The van der Waals surface area contributed by atoms with Crippen LogP contribution in [0.5, 0.6) is 0 Å².